The summed E-state index contributed by atoms with van der Waals surface area (Å²) in [6, 6.07) is 6.49. The molecule has 0 saturated carbocycles. The molecule has 0 aliphatic heterocycles. The predicted octanol–water partition coefficient (Wildman–Crippen LogP) is 2.24. The van der Waals surface area contributed by atoms with Crippen LogP contribution >= 0.6 is 0 Å². The van der Waals surface area contributed by atoms with Gasteiger partial charge in [0.2, 0.25) is 0 Å². The first-order chi connectivity index (χ1) is 12.1. The molecule has 1 aromatic carbocycles. The van der Waals surface area contributed by atoms with E-state index in [1.807, 2.05) is 16.5 Å². The molecule has 6 nitrogen and oxygen atoms in total. The minimum absolute atomic E-state index is 0.231. The molecule has 0 amide bonds. The van der Waals surface area contributed by atoms with Gasteiger partial charge in [-0.25, -0.2) is 4.39 Å². The van der Waals surface area contributed by atoms with Gasteiger partial charge in [0, 0.05) is 33.1 Å². The van der Waals surface area contributed by atoms with Crippen molar-refractivity contribution in [2.24, 2.45) is 4.99 Å². The third kappa shape index (κ3) is 5.70. The zero-order chi connectivity index (χ0) is 18.1. The summed E-state index contributed by atoms with van der Waals surface area (Å²) in [6.07, 6.45) is 4.36. The number of nitrogens with zero attached hydrogens (tertiary/aromatic N) is 5. The molecule has 0 saturated heterocycles. The Morgan fingerprint density at radius 3 is 2.84 bits per heavy atom. The zero-order valence-electron chi connectivity index (χ0n) is 14.8. The van der Waals surface area contributed by atoms with E-state index in [1.165, 1.54) is 12.1 Å². The molecule has 0 radical (unpaired) electrons. The highest BCUT2D eigenvalue weighted by Gasteiger charge is 2.07. The second kappa shape index (κ2) is 9.56. The molecule has 25 heavy (non-hydrogen) atoms. The lowest BCUT2D eigenvalue weighted by Gasteiger charge is -2.22. The minimum atomic E-state index is -0.231. The van der Waals surface area contributed by atoms with Crippen molar-refractivity contribution < 1.29 is 4.39 Å². The van der Waals surface area contributed by atoms with E-state index >= 15 is 0 Å². The Balaban J connectivity index is 2.00. The quantitative estimate of drug-likeness (QED) is 0.453. The van der Waals surface area contributed by atoms with Crippen molar-refractivity contribution in [2.45, 2.75) is 26.4 Å². The van der Waals surface area contributed by atoms with Crippen LogP contribution in [0, 0.1) is 5.82 Å². The van der Waals surface area contributed by atoms with E-state index < -0.39 is 0 Å². The summed E-state index contributed by atoms with van der Waals surface area (Å²) >= 11 is 0. The maximum Gasteiger partial charge on any atom is 0.194 e. The lowest BCUT2D eigenvalue weighted by molar-refractivity contribution is 0.476. The molecular formula is C18H25FN6. The van der Waals surface area contributed by atoms with Gasteiger partial charge in [-0.1, -0.05) is 25.1 Å². The molecule has 7 heteroatoms. The molecule has 2 rings (SSSR count). The van der Waals surface area contributed by atoms with Crippen LogP contribution in [0.25, 0.3) is 0 Å². The Morgan fingerprint density at radius 2 is 2.16 bits per heavy atom. The van der Waals surface area contributed by atoms with Crippen molar-refractivity contribution in [3.05, 3.63) is 60.5 Å². The average molecular weight is 344 g/mol. The van der Waals surface area contributed by atoms with Gasteiger partial charge in [0.05, 0.1) is 6.54 Å². The molecule has 1 aromatic heterocycles. The first-order valence-corrected chi connectivity index (χ1v) is 8.35. The van der Waals surface area contributed by atoms with Crippen molar-refractivity contribution in [3.63, 3.8) is 0 Å². The predicted molar refractivity (Wildman–Crippen MR) is 97.8 cm³/mol. The van der Waals surface area contributed by atoms with Crippen LogP contribution in [0.15, 0.2) is 48.2 Å². The van der Waals surface area contributed by atoms with Gasteiger partial charge in [-0.05, 0) is 17.7 Å². The Kier molecular flexibility index (Phi) is 7.13. The Morgan fingerprint density at radius 1 is 1.40 bits per heavy atom. The van der Waals surface area contributed by atoms with Crippen molar-refractivity contribution in [3.8, 4) is 0 Å². The van der Waals surface area contributed by atoms with Crippen LogP contribution in [-0.4, -0.2) is 45.8 Å². The standard InChI is InChI=1S/C18H25FN6/c1-4-10-20-18(21-11-12-25-14-22-23-17(25)5-2)24(3)13-15-6-8-16(19)9-7-15/h4,6-9,14H,1,5,10-13H2,2-3H3,(H,20,21). The molecule has 0 bridgehead atoms. The van der Waals surface area contributed by atoms with Crippen molar-refractivity contribution in [1.29, 1.82) is 0 Å². The smallest absolute Gasteiger partial charge is 0.194 e. The van der Waals surface area contributed by atoms with Crippen molar-refractivity contribution in [1.82, 2.24) is 25.0 Å². The van der Waals surface area contributed by atoms with E-state index in [-0.39, 0.29) is 5.82 Å². The third-order valence-electron chi connectivity index (χ3n) is 3.71. The lowest BCUT2D eigenvalue weighted by Crippen LogP contribution is -2.39. The van der Waals surface area contributed by atoms with Crippen LogP contribution < -0.4 is 5.32 Å². The summed E-state index contributed by atoms with van der Waals surface area (Å²) in [7, 11) is 1.95. The molecule has 0 spiro atoms. The fourth-order valence-corrected chi connectivity index (χ4v) is 2.42. The number of aliphatic imine (C=N–C) groups is 1. The first kappa shape index (κ1) is 18.6. The number of hydrogen-bond acceptors (Lipinski definition) is 3. The van der Waals surface area contributed by atoms with Gasteiger partial charge in [0.1, 0.15) is 18.0 Å². The number of aryl methyl sites for hydroxylation is 1. The molecular weight excluding hydrogens is 319 g/mol. The van der Waals surface area contributed by atoms with E-state index in [0.717, 1.165) is 30.3 Å². The largest absolute Gasteiger partial charge is 0.353 e. The van der Waals surface area contributed by atoms with Crippen LogP contribution in [-0.2, 0) is 19.5 Å². The van der Waals surface area contributed by atoms with E-state index in [9.17, 15) is 4.39 Å². The number of halogens is 1. The molecule has 0 unspecified atom stereocenters. The van der Waals surface area contributed by atoms with E-state index in [1.54, 1.807) is 24.5 Å². The summed E-state index contributed by atoms with van der Waals surface area (Å²) in [5, 5.41) is 11.3. The maximum atomic E-state index is 13.0. The summed E-state index contributed by atoms with van der Waals surface area (Å²) in [5.74, 6) is 1.50. The Bertz CT molecular complexity index is 692. The monoisotopic (exact) mass is 344 g/mol. The van der Waals surface area contributed by atoms with Gasteiger partial charge < -0.3 is 14.8 Å². The van der Waals surface area contributed by atoms with Crippen LogP contribution in [0.4, 0.5) is 4.39 Å². The fourth-order valence-electron chi connectivity index (χ4n) is 2.42. The summed E-state index contributed by atoms with van der Waals surface area (Å²) in [6.45, 7) is 8.37. The Hall–Kier alpha value is -2.70. The number of guanidine groups is 1. The minimum Gasteiger partial charge on any atom is -0.353 e. The molecule has 2 aromatic rings. The second-order valence-electron chi connectivity index (χ2n) is 5.65. The summed E-state index contributed by atoms with van der Waals surface area (Å²) in [5.41, 5.74) is 1.02. The van der Waals surface area contributed by atoms with E-state index in [0.29, 0.717) is 19.6 Å². The molecule has 0 fully saturated rings. The normalized spacial score (nSPS) is 11.4. The molecule has 1 N–H and O–H groups in total. The topological polar surface area (TPSA) is 58.3 Å². The lowest BCUT2D eigenvalue weighted by atomic mass is 10.2. The number of rotatable bonds is 8. The number of benzene rings is 1. The van der Waals surface area contributed by atoms with Gasteiger partial charge in [0.15, 0.2) is 5.96 Å². The SMILES string of the molecule is C=CCNC(=NCCn1cnnc1CC)N(C)Cc1ccc(F)cc1. The molecule has 0 aliphatic rings. The third-order valence-corrected chi connectivity index (χ3v) is 3.71. The Labute approximate surface area is 148 Å². The van der Waals surface area contributed by atoms with Gasteiger partial charge in [0.25, 0.3) is 0 Å². The number of hydrogen-bond donors (Lipinski definition) is 1. The van der Waals surface area contributed by atoms with Crippen LogP contribution in [0.3, 0.4) is 0 Å². The molecule has 0 aliphatic carbocycles. The molecule has 134 valence electrons. The highest BCUT2D eigenvalue weighted by atomic mass is 19.1. The van der Waals surface area contributed by atoms with Gasteiger partial charge in [-0.3, -0.25) is 4.99 Å². The highest BCUT2D eigenvalue weighted by Crippen LogP contribution is 2.06. The van der Waals surface area contributed by atoms with Gasteiger partial charge in [-0.15, -0.1) is 16.8 Å². The summed E-state index contributed by atoms with van der Waals surface area (Å²) in [4.78, 5) is 6.66. The van der Waals surface area contributed by atoms with Crippen LogP contribution in [0.5, 0.6) is 0 Å². The fraction of sp³-hybridized carbons (Fsp3) is 0.389. The average Bonchev–Trinajstić information content (AvgIpc) is 3.07. The number of nitrogens with one attached hydrogen (secondary N) is 1. The second-order valence-corrected chi connectivity index (χ2v) is 5.65. The molecule has 1 heterocycles. The first-order valence-electron chi connectivity index (χ1n) is 8.35. The van der Waals surface area contributed by atoms with Crippen molar-refractivity contribution >= 4 is 5.96 Å². The molecule has 0 atom stereocenters. The summed E-state index contributed by atoms with van der Waals surface area (Å²) < 4.78 is 15.0. The number of aromatic nitrogens is 3. The highest BCUT2D eigenvalue weighted by molar-refractivity contribution is 5.79. The van der Waals surface area contributed by atoms with Crippen LogP contribution in [0.2, 0.25) is 0 Å². The van der Waals surface area contributed by atoms with E-state index in [2.05, 4.69) is 34.0 Å². The van der Waals surface area contributed by atoms with Gasteiger partial charge >= 0.3 is 0 Å². The zero-order valence-corrected chi connectivity index (χ0v) is 14.8. The van der Waals surface area contributed by atoms with E-state index in [4.69, 9.17) is 0 Å². The van der Waals surface area contributed by atoms with Crippen molar-refractivity contribution in [2.75, 3.05) is 20.1 Å². The maximum absolute atomic E-state index is 13.0. The van der Waals surface area contributed by atoms with Gasteiger partial charge in [-0.2, -0.15) is 0 Å². The van der Waals surface area contributed by atoms with Crippen LogP contribution in [0.1, 0.15) is 18.3 Å².